The Kier molecular flexibility index (Phi) is 5.10. The third kappa shape index (κ3) is 3.21. The van der Waals surface area contributed by atoms with Crippen LogP contribution in [0.2, 0.25) is 0 Å². The highest BCUT2D eigenvalue weighted by Crippen LogP contribution is 2.48. The minimum Gasteiger partial charge on any atom is -0.497 e. The van der Waals surface area contributed by atoms with Crippen molar-refractivity contribution in [1.29, 1.82) is 0 Å². The first-order valence-corrected chi connectivity index (χ1v) is 8.41. The Hall–Kier alpha value is -2.13. The maximum atomic E-state index is 14.2. The molecule has 0 aliphatic heterocycles. The molecule has 0 saturated carbocycles. The number of halogens is 4. The van der Waals surface area contributed by atoms with Gasteiger partial charge in [0, 0.05) is 0 Å². The summed E-state index contributed by atoms with van der Waals surface area (Å²) in [7, 11) is -4.42. The predicted octanol–water partition coefficient (Wildman–Crippen LogP) is 3.43. The highest BCUT2D eigenvalue weighted by atomic mass is 32.2. The topological polar surface area (TPSA) is 63.6 Å². The van der Waals surface area contributed by atoms with E-state index in [1.54, 1.807) is 0 Å². The number of hydrogen-bond donors (Lipinski definition) is 1. The minimum atomic E-state index is -5.73. The third-order valence-corrected chi connectivity index (χ3v) is 5.39. The molecular weight excluding hydrogens is 364 g/mol. The van der Waals surface area contributed by atoms with E-state index in [0.29, 0.717) is 0 Å². The van der Waals surface area contributed by atoms with Crippen molar-refractivity contribution in [2.24, 2.45) is 0 Å². The Morgan fingerprint density at radius 3 is 1.96 bits per heavy atom. The van der Waals surface area contributed by atoms with Gasteiger partial charge in [0.1, 0.15) is 11.9 Å². The van der Waals surface area contributed by atoms with Crippen LogP contribution in [0.4, 0.5) is 17.6 Å². The zero-order chi connectivity index (χ0) is 18.9. The van der Waals surface area contributed by atoms with E-state index in [9.17, 15) is 31.1 Å². The summed E-state index contributed by atoms with van der Waals surface area (Å²) in [5, 5.41) is 4.20. The summed E-state index contributed by atoms with van der Waals surface area (Å²) in [6, 6.07) is 9.41. The Morgan fingerprint density at radius 2 is 1.48 bits per heavy atom. The van der Waals surface area contributed by atoms with Crippen LogP contribution < -0.4 is 4.74 Å². The summed E-state index contributed by atoms with van der Waals surface area (Å²) < 4.78 is 85.7. The van der Waals surface area contributed by atoms with Gasteiger partial charge in [-0.2, -0.15) is 17.6 Å². The minimum absolute atomic E-state index is 0.253. The Bertz CT molecular complexity index is 821. The lowest BCUT2D eigenvalue weighted by atomic mass is 10.0. The van der Waals surface area contributed by atoms with Crippen LogP contribution in [0, 0.1) is 0 Å². The second-order valence-electron chi connectivity index (χ2n) is 5.13. The normalized spacial score (nSPS) is 14.2. The molecule has 0 radical (unpaired) electrons. The molecule has 2 aromatic carbocycles. The van der Waals surface area contributed by atoms with Crippen LogP contribution in [-0.2, 0) is 9.84 Å². The van der Waals surface area contributed by atoms with E-state index in [0.717, 1.165) is 36.4 Å². The molecule has 2 aromatic rings. The molecule has 0 spiro atoms. The monoisotopic (exact) mass is 378 g/mol. The van der Waals surface area contributed by atoms with Crippen LogP contribution in [0.15, 0.2) is 59.5 Å². The first kappa shape index (κ1) is 19.2. The molecule has 0 aliphatic carbocycles. The van der Waals surface area contributed by atoms with E-state index in [1.807, 2.05) is 0 Å². The maximum Gasteiger partial charge on any atom is 0.414 e. The van der Waals surface area contributed by atoms with Gasteiger partial charge in [0.25, 0.3) is 0 Å². The average Bonchev–Trinajstić information content (AvgIpc) is 2.61. The van der Waals surface area contributed by atoms with Crippen LogP contribution in [-0.4, -0.2) is 31.8 Å². The largest absolute Gasteiger partial charge is 0.497 e. The molecule has 136 valence electrons. The van der Waals surface area contributed by atoms with E-state index in [1.165, 1.54) is 25.3 Å². The molecule has 0 bridgehead atoms. The molecule has 0 heterocycles. The van der Waals surface area contributed by atoms with Gasteiger partial charge < -0.3 is 9.84 Å². The van der Waals surface area contributed by atoms with Crippen molar-refractivity contribution in [2.45, 2.75) is 22.2 Å². The summed E-state index contributed by atoms with van der Waals surface area (Å²) in [5.41, 5.74) is -0.575. The van der Waals surface area contributed by atoms with Crippen LogP contribution in [0.5, 0.6) is 5.75 Å². The van der Waals surface area contributed by atoms with Gasteiger partial charge in [0.15, 0.2) is 0 Å². The number of hydrogen-bond acceptors (Lipinski definition) is 4. The van der Waals surface area contributed by atoms with Crippen molar-refractivity contribution in [2.75, 3.05) is 7.11 Å². The van der Waals surface area contributed by atoms with E-state index in [2.05, 4.69) is 0 Å². The van der Waals surface area contributed by atoms with E-state index in [-0.39, 0.29) is 5.75 Å². The second kappa shape index (κ2) is 6.64. The second-order valence-corrected chi connectivity index (χ2v) is 7.12. The van der Waals surface area contributed by atoms with Gasteiger partial charge >= 0.3 is 11.2 Å². The van der Waals surface area contributed by atoms with Gasteiger partial charge in [0.2, 0.25) is 9.84 Å². The lowest BCUT2D eigenvalue weighted by Crippen LogP contribution is -2.50. The fourth-order valence-electron chi connectivity index (χ4n) is 2.08. The molecule has 1 N–H and O–H groups in total. The fourth-order valence-corrected chi connectivity index (χ4v) is 3.36. The number of rotatable bonds is 6. The molecule has 4 nitrogen and oxygen atoms in total. The summed E-state index contributed by atoms with van der Waals surface area (Å²) in [6.45, 7) is 0. The smallest absolute Gasteiger partial charge is 0.414 e. The van der Waals surface area contributed by atoms with Crippen molar-refractivity contribution in [3.63, 3.8) is 0 Å². The Balaban J connectivity index is 2.44. The van der Waals surface area contributed by atoms with Crippen molar-refractivity contribution >= 4 is 9.84 Å². The lowest BCUT2D eigenvalue weighted by molar-refractivity contribution is -0.215. The molecule has 0 amide bonds. The zero-order valence-electron chi connectivity index (χ0n) is 12.9. The average molecular weight is 378 g/mol. The molecule has 0 aliphatic rings. The third-order valence-electron chi connectivity index (χ3n) is 3.55. The number of aliphatic hydroxyl groups excluding tert-OH is 1. The number of methoxy groups -OCH3 is 1. The van der Waals surface area contributed by atoms with E-state index >= 15 is 0 Å². The molecule has 25 heavy (non-hydrogen) atoms. The number of aliphatic hydroxyl groups is 1. The zero-order valence-corrected chi connectivity index (χ0v) is 13.7. The number of benzene rings is 2. The van der Waals surface area contributed by atoms with Crippen LogP contribution in [0.25, 0.3) is 0 Å². The van der Waals surface area contributed by atoms with Crippen LogP contribution in [0.1, 0.15) is 11.7 Å². The highest BCUT2D eigenvalue weighted by Gasteiger charge is 2.69. The summed E-state index contributed by atoms with van der Waals surface area (Å²) >= 11 is 0. The first-order valence-electron chi connectivity index (χ1n) is 6.93. The molecule has 0 aromatic heterocycles. The van der Waals surface area contributed by atoms with Gasteiger partial charge in [0.05, 0.1) is 12.0 Å². The van der Waals surface area contributed by atoms with Gasteiger partial charge in [-0.3, -0.25) is 0 Å². The van der Waals surface area contributed by atoms with Crippen molar-refractivity contribution < 1.29 is 35.8 Å². The van der Waals surface area contributed by atoms with E-state index < -0.39 is 37.6 Å². The Labute approximate surface area is 141 Å². The molecule has 1 unspecified atom stereocenters. The Morgan fingerprint density at radius 1 is 0.960 bits per heavy atom. The molecule has 0 saturated heterocycles. The molecule has 0 fully saturated rings. The molecule has 1 atom stereocenters. The molecular formula is C16H14F4O4S. The van der Waals surface area contributed by atoms with Crippen LogP contribution >= 0.6 is 0 Å². The number of sulfone groups is 1. The summed E-state index contributed by atoms with van der Waals surface area (Å²) in [6.07, 6.45) is -3.04. The van der Waals surface area contributed by atoms with Gasteiger partial charge in [-0.25, -0.2) is 8.42 Å². The van der Waals surface area contributed by atoms with Crippen molar-refractivity contribution in [3.8, 4) is 5.75 Å². The quantitative estimate of drug-likeness (QED) is 0.783. The van der Waals surface area contributed by atoms with Crippen molar-refractivity contribution in [1.82, 2.24) is 0 Å². The van der Waals surface area contributed by atoms with E-state index in [4.69, 9.17) is 4.74 Å². The van der Waals surface area contributed by atoms with Gasteiger partial charge in [-0.05, 0) is 29.8 Å². The molecule has 9 heteroatoms. The van der Waals surface area contributed by atoms with Gasteiger partial charge in [-0.15, -0.1) is 0 Å². The van der Waals surface area contributed by atoms with Crippen LogP contribution in [0.3, 0.4) is 0 Å². The maximum absolute atomic E-state index is 14.2. The fraction of sp³-hybridized carbons (Fsp3) is 0.250. The lowest BCUT2D eigenvalue weighted by Gasteiger charge is -2.30. The van der Waals surface area contributed by atoms with Gasteiger partial charge in [-0.1, -0.05) is 30.3 Å². The predicted molar refractivity (Wildman–Crippen MR) is 81.5 cm³/mol. The number of alkyl halides is 4. The first-order chi connectivity index (χ1) is 11.6. The standard InChI is InChI=1S/C16H14F4O4S/c1-24-12-9-7-11(8-10-12)14(21)15(17,18)16(19,20)25(22,23)13-5-3-2-4-6-13/h2-10,14,21H,1H3. The number of ether oxygens (including phenoxy) is 1. The summed E-state index contributed by atoms with van der Waals surface area (Å²) in [4.78, 5) is -0.971. The van der Waals surface area contributed by atoms with Crippen molar-refractivity contribution in [3.05, 3.63) is 60.2 Å². The SMILES string of the molecule is COc1ccc(C(O)C(F)(F)C(F)(F)S(=O)(=O)c2ccccc2)cc1. The highest BCUT2D eigenvalue weighted by molar-refractivity contribution is 7.92. The molecule has 2 rings (SSSR count). The summed E-state index contributed by atoms with van der Waals surface area (Å²) in [5.74, 6) is -5.01.